The Morgan fingerprint density at radius 2 is 1.68 bits per heavy atom. The molecule has 0 spiro atoms. The number of nitrogens with one attached hydrogen (secondary N) is 2. The largest absolute Gasteiger partial charge is 0.493 e. The topological polar surface area (TPSA) is 85.9 Å². The van der Waals surface area contributed by atoms with Crippen LogP contribution in [-0.2, 0) is 4.79 Å². The number of amides is 2. The number of carbonyl (C=O) groups excluding carboxylic acids is 2. The van der Waals surface area contributed by atoms with Gasteiger partial charge in [-0.25, -0.2) is 0 Å². The summed E-state index contributed by atoms with van der Waals surface area (Å²) in [6.45, 7) is 2.75. The molecule has 0 saturated carbocycles. The van der Waals surface area contributed by atoms with Gasteiger partial charge >= 0.3 is 0 Å². The molecule has 0 aliphatic carbocycles. The summed E-state index contributed by atoms with van der Waals surface area (Å²) < 4.78 is 16.5. The minimum Gasteiger partial charge on any atom is -0.493 e. The maximum Gasteiger partial charge on any atom is 0.269 e. The monoisotopic (exact) mass is 422 g/mol. The fourth-order valence-electron chi connectivity index (χ4n) is 3.08. The highest BCUT2D eigenvalue weighted by Gasteiger charge is 2.12. The van der Waals surface area contributed by atoms with Crippen molar-refractivity contribution in [2.24, 2.45) is 0 Å². The molecule has 0 aromatic heterocycles. The zero-order chi connectivity index (χ0) is 22.1. The highest BCUT2D eigenvalue weighted by molar-refractivity contribution is 5.96. The van der Waals surface area contributed by atoms with Gasteiger partial charge in [0.15, 0.2) is 11.5 Å². The number of hydrogen-bond donors (Lipinski definition) is 2. The van der Waals surface area contributed by atoms with E-state index in [9.17, 15) is 9.59 Å². The quantitative estimate of drug-likeness (QED) is 0.404. The third-order valence-corrected chi connectivity index (χ3v) is 4.60. The van der Waals surface area contributed by atoms with Gasteiger partial charge in [-0.1, -0.05) is 36.4 Å². The van der Waals surface area contributed by atoms with Crippen molar-refractivity contribution in [1.29, 1.82) is 0 Å². The maximum absolute atomic E-state index is 12.3. The molecule has 3 aromatic rings. The van der Waals surface area contributed by atoms with E-state index in [1.807, 2.05) is 49.4 Å². The summed E-state index contributed by atoms with van der Waals surface area (Å²) in [6, 6.07) is 18.7. The van der Waals surface area contributed by atoms with Gasteiger partial charge in [-0.15, -0.1) is 0 Å². The van der Waals surface area contributed by atoms with Crippen LogP contribution in [0.2, 0.25) is 0 Å². The number of benzene rings is 3. The van der Waals surface area contributed by atoms with Gasteiger partial charge in [0.1, 0.15) is 5.75 Å². The van der Waals surface area contributed by atoms with Crippen molar-refractivity contribution in [3.05, 3.63) is 66.2 Å². The van der Waals surface area contributed by atoms with Crippen LogP contribution in [0.3, 0.4) is 0 Å². The average Bonchev–Trinajstić information content (AvgIpc) is 2.80. The summed E-state index contributed by atoms with van der Waals surface area (Å²) in [5.74, 6) is 1.05. The van der Waals surface area contributed by atoms with E-state index >= 15 is 0 Å². The molecule has 0 unspecified atom stereocenters. The van der Waals surface area contributed by atoms with E-state index < -0.39 is 5.91 Å². The lowest BCUT2D eigenvalue weighted by Gasteiger charge is -2.12. The van der Waals surface area contributed by atoms with E-state index in [-0.39, 0.29) is 12.3 Å². The standard InChI is InChI=1S/C24H26N2O5/c1-3-30-21-14-13-18(16-22(21)29-2)24(28)26-25-23(27)12-7-15-31-20-11-6-9-17-8-4-5-10-19(17)20/h4-6,8-11,13-14,16H,3,7,12,15H2,1-2H3,(H,25,27)(H,26,28). The Hall–Kier alpha value is -3.74. The lowest BCUT2D eigenvalue weighted by atomic mass is 10.1. The average molecular weight is 422 g/mol. The van der Waals surface area contributed by atoms with Crippen molar-refractivity contribution in [1.82, 2.24) is 10.9 Å². The van der Waals surface area contributed by atoms with Crippen LogP contribution >= 0.6 is 0 Å². The minimum atomic E-state index is -0.443. The number of ether oxygens (including phenoxy) is 3. The molecule has 3 aromatic carbocycles. The maximum atomic E-state index is 12.3. The molecular weight excluding hydrogens is 396 g/mol. The summed E-state index contributed by atoms with van der Waals surface area (Å²) in [7, 11) is 1.50. The van der Waals surface area contributed by atoms with E-state index in [0.717, 1.165) is 16.5 Å². The number of hydrogen-bond acceptors (Lipinski definition) is 5. The van der Waals surface area contributed by atoms with Crippen LogP contribution in [0.5, 0.6) is 17.2 Å². The Kier molecular flexibility index (Phi) is 7.70. The second-order valence-electron chi connectivity index (χ2n) is 6.73. The molecule has 0 radical (unpaired) electrons. The highest BCUT2D eigenvalue weighted by atomic mass is 16.5. The minimum absolute atomic E-state index is 0.220. The molecule has 162 valence electrons. The number of carbonyl (C=O) groups is 2. The lowest BCUT2D eigenvalue weighted by molar-refractivity contribution is -0.122. The SMILES string of the molecule is CCOc1ccc(C(=O)NNC(=O)CCCOc2cccc3ccccc23)cc1OC. The first-order valence-electron chi connectivity index (χ1n) is 10.1. The first-order chi connectivity index (χ1) is 15.1. The fourth-order valence-corrected chi connectivity index (χ4v) is 3.08. The van der Waals surface area contributed by atoms with Crippen LogP contribution in [0.1, 0.15) is 30.1 Å². The predicted octanol–water partition coefficient (Wildman–Crippen LogP) is 3.87. The van der Waals surface area contributed by atoms with Gasteiger partial charge < -0.3 is 14.2 Å². The van der Waals surface area contributed by atoms with Crippen LogP contribution in [0.4, 0.5) is 0 Å². The van der Waals surface area contributed by atoms with Gasteiger partial charge in [0.05, 0.1) is 20.3 Å². The van der Waals surface area contributed by atoms with Crippen molar-refractivity contribution in [2.75, 3.05) is 20.3 Å². The van der Waals surface area contributed by atoms with Gasteiger partial charge in [-0.3, -0.25) is 20.4 Å². The number of fused-ring (bicyclic) bond motifs is 1. The molecule has 2 amide bonds. The molecular formula is C24H26N2O5. The zero-order valence-corrected chi connectivity index (χ0v) is 17.6. The molecule has 0 fully saturated rings. The van der Waals surface area contributed by atoms with Gasteiger partial charge in [-0.2, -0.15) is 0 Å². The van der Waals surface area contributed by atoms with Gasteiger partial charge in [-0.05, 0) is 43.0 Å². The predicted molar refractivity (Wildman–Crippen MR) is 118 cm³/mol. The van der Waals surface area contributed by atoms with Crippen LogP contribution < -0.4 is 25.1 Å². The normalized spacial score (nSPS) is 10.4. The Morgan fingerprint density at radius 3 is 2.48 bits per heavy atom. The summed E-state index contributed by atoms with van der Waals surface area (Å²) in [5, 5.41) is 2.14. The first kappa shape index (κ1) is 22.0. The van der Waals surface area contributed by atoms with Crippen molar-refractivity contribution >= 4 is 22.6 Å². The summed E-state index contributed by atoms with van der Waals surface area (Å²) in [6.07, 6.45) is 0.736. The Morgan fingerprint density at radius 1 is 0.871 bits per heavy atom. The Bertz CT molecular complexity index is 1050. The molecule has 0 saturated heterocycles. The summed E-state index contributed by atoms with van der Waals surface area (Å²) >= 11 is 0. The molecule has 0 aliphatic rings. The molecule has 0 bridgehead atoms. The van der Waals surface area contributed by atoms with E-state index in [0.29, 0.717) is 36.7 Å². The number of rotatable bonds is 9. The molecule has 3 rings (SSSR count). The van der Waals surface area contributed by atoms with Crippen LogP contribution in [0.15, 0.2) is 60.7 Å². The Balaban J connectivity index is 1.43. The molecule has 7 nitrogen and oxygen atoms in total. The molecule has 2 N–H and O–H groups in total. The molecule has 0 atom stereocenters. The van der Waals surface area contributed by atoms with E-state index in [2.05, 4.69) is 10.9 Å². The summed E-state index contributed by atoms with van der Waals surface area (Å²) in [4.78, 5) is 24.3. The van der Waals surface area contributed by atoms with Gasteiger partial charge in [0, 0.05) is 17.4 Å². The van der Waals surface area contributed by atoms with E-state index in [1.165, 1.54) is 7.11 Å². The number of hydrazine groups is 1. The highest BCUT2D eigenvalue weighted by Crippen LogP contribution is 2.28. The molecule has 0 aliphatic heterocycles. The van der Waals surface area contributed by atoms with Gasteiger partial charge in [0.2, 0.25) is 5.91 Å². The summed E-state index contributed by atoms with van der Waals surface area (Å²) in [5.41, 5.74) is 5.18. The molecule has 7 heteroatoms. The first-order valence-corrected chi connectivity index (χ1v) is 10.1. The van der Waals surface area contributed by atoms with Gasteiger partial charge in [0.25, 0.3) is 5.91 Å². The number of methoxy groups -OCH3 is 1. The van der Waals surface area contributed by atoms with Crippen molar-refractivity contribution in [3.63, 3.8) is 0 Å². The van der Waals surface area contributed by atoms with Crippen molar-refractivity contribution < 1.29 is 23.8 Å². The van der Waals surface area contributed by atoms with Crippen LogP contribution in [0.25, 0.3) is 10.8 Å². The third kappa shape index (κ3) is 5.88. The van der Waals surface area contributed by atoms with E-state index in [4.69, 9.17) is 14.2 Å². The van der Waals surface area contributed by atoms with E-state index in [1.54, 1.807) is 18.2 Å². The molecule has 31 heavy (non-hydrogen) atoms. The zero-order valence-electron chi connectivity index (χ0n) is 17.6. The Labute approximate surface area is 181 Å². The smallest absolute Gasteiger partial charge is 0.269 e. The van der Waals surface area contributed by atoms with Crippen LogP contribution in [-0.4, -0.2) is 32.1 Å². The fraction of sp³-hybridized carbons (Fsp3) is 0.250. The van der Waals surface area contributed by atoms with Crippen molar-refractivity contribution in [3.8, 4) is 17.2 Å². The third-order valence-electron chi connectivity index (χ3n) is 4.60. The van der Waals surface area contributed by atoms with Crippen molar-refractivity contribution in [2.45, 2.75) is 19.8 Å². The van der Waals surface area contributed by atoms with Crippen LogP contribution in [0, 0.1) is 0 Å². The second kappa shape index (κ2) is 10.9. The second-order valence-corrected chi connectivity index (χ2v) is 6.73. The lowest BCUT2D eigenvalue weighted by Crippen LogP contribution is -2.41. The molecule has 0 heterocycles.